The van der Waals surface area contributed by atoms with E-state index in [1.54, 1.807) is 0 Å². The van der Waals surface area contributed by atoms with Crippen molar-refractivity contribution >= 4 is 0 Å². The van der Waals surface area contributed by atoms with E-state index in [0.717, 1.165) is 25.2 Å². The minimum atomic E-state index is 0.465. The second-order valence-corrected chi connectivity index (χ2v) is 5.56. The van der Waals surface area contributed by atoms with E-state index in [1.807, 2.05) is 0 Å². The molecular formula is C13H26N2O. The van der Waals surface area contributed by atoms with Crippen LogP contribution in [0.4, 0.5) is 0 Å². The van der Waals surface area contributed by atoms with Crippen molar-refractivity contribution in [3.05, 3.63) is 0 Å². The number of rotatable bonds is 3. The van der Waals surface area contributed by atoms with Gasteiger partial charge in [0, 0.05) is 31.8 Å². The second-order valence-electron chi connectivity index (χ2n) is 5.56. The van der Waals surface area contributed by atoms with Crippen LogP contribution in [0.3, 0.4) is 0 Å². The summed E-state index contributed by atoms with van der Waals surface area (Å²) in [5.74, 6) is 0.856. The summed E-state index contributed by atoms with van der Waals surface area (Å²) in [6.07, 6.45) is 7.50. The first-order valence-electron chi connectivity index (χ1n) is 6.79. The Bertz CT molecular complexity index is 196. The first-order chi connectivity index (χ1) is 7.75. The molecule has 1 saturated heterocycles. The van der Waals surface area contributed by atoms with Crippen molar-refractivity contribution in [1.29, 1.82) is 0 Å². The molecule has 0 aromatic carbocycles. The molecule has 2 rings (SSSR count). The summed E-state index contributed by atoms with van der Waals surface area (Å²) in [6.45, 7) is 3.19. The molecule has 0 aromatic rings. The van der Waals surface area contributed by atoms with Crippen molar-refractivity contribution in [3.63, 3.8) is 0 Å². The van der Waals surface area contributed by atoms with Gasteiger partial charge in [0.2, 0.25) is 0 Å². The van der Waals surface area contributed by atoms with Gasteiger partial charge < -0.3 is 15.4 Å². The maximum Gasteiger partial charge on any atom is 0.0469 e. The third kappa shape index (κ3) is 3.44. The molecule has 1 saturated carbocycles. The number of ether oxygens (including phenoxy) is 1. The summed E-state index contributed by atoms with van der Waals surface area (Å²) in [6, 6.07) is 1.25. The summed E-state index contributed by atoms with van der Waals surface area (Å²) >= 11 is 0. The number of hydrogen-bond donors (Lipinski definition) is 1. The van der Waals surface area contributed by atoms with Gasteiger partial charge in [-0.15, -0.1) is 0 Å². The Morgan fingerprint density at radius 3 is 2.31 bits per heavy atom. The van der Waals surface area contributed by atoms with Crippen LogP contribution in [0.5, 0.6) is 0 Å². The molecule has 2 fully saturated rings. The van der Waals surface area contributed by atoms with Crippen LogP contribution in [0.2, 0.25) is 0 Å². The zero-order chi connectivity index (χ0) is 11.4. The largest absolute Gasteiger partial charge is 0.381 e. The number of hydrogen-bond acceptors (Lipinski definition) is 3. The van der Waals surface area contributed by atoms with Gasteiger partial charge in [-0.05, 0) is 51.5 Å². The lowest BCUT2D eigenvalue weighted by atomic mass is 9.90. The maximum absolute atomic E-state index is 5.95. The molecule has 1 heterocycles. The lowest BCUT2D eigenvalue weighted by molar-refractivity contribution is 0.0468. The Morgan fingerprint density at radius 2 is 1.69 bits per heavy atom. The molecule has 94 valence electrons. The summed E-state index contributed by atoms with van der Waals surface area (Å²) in [5.41, 5.74) is 5.95. The fourth-order valence-electron chi connectivity index (χ4n) is 3.03. The lowest BCUT2D eigenvalue weighted by Gasteiger charge is -2.36. The molecule has 0 aromatic heterocycles. The Hall–Kier alpha value is -0.120. The van der Waals surface area contributed by atoms with E-state index in [2.05, 4.69) is 11.9 Å². The van der Waals surface area contributed by atoms with Crippen LogP contribution < -0.4 is 5.73 Å². The van der Waals surface area contributed by atoms with Crippen molar-refractivity contribution in [1.82, 2.24) is 4.90 Å². The molecule has 0 spiro atoms. The maximum atomic E-state index is 5.95. The predicted octanol–water partition coefficient (Wildman–Crippen LogP) is 1.61. The van der Waals surface area contributed by atoms with Gasteiger partial charge in [-0.3, -0.25) is 0 Å². The van der Waals surface area contributed by atoms with Crippen LogP contribution in [0.25, 0.3) is 0 Å². The zero-order valence-electron chi connectivity index (χ0n) is 10.5. The van der Waals surface area contributed by atoms with Crippen LogP contribution in [0, 0.1) is 5.92 Å². The van der Waals surface area contributed by atoms with E-state index in [0.29, 0.717) is 6.04 Å². The molecule has 0 atom stereocenters. The smallest absolute Gasteiger partial charge is 0.0469 e. The molecule has 0 bridgehead atoms. The fourth-order valence-corrected chi connectivity index (χ4v) is 3.03. The van der Waals surface area contributed by atoms with Crippen LogP contribution in [0.1, 0.15) is 38.5 Å². The van der Waals surface area contributed by atoms with Gasteiger partial charge in [0.1, 0.15) is 0 Å². The van der Waals surface area contributed by atoms with Crippen molar-refractivity contribution < 1.29 is 4.74 Å². The van der Waals surface area contributed by atoms with Crippen molar-refractivity contribution in [2.45, 2.75) is 50.6 Å². The Kier molecular flexibility index (Phi) is 4.62. The highest BCUT2D eigenvalue weighted by Crippen LogP contribution is 2.23. The van der Waals surface area contributed by atoms with Crippen LogP contribution in [-0.2, 0) is 4.74 Å². The van der Waals surface area contributed by atoms with E-state index in [1.165, 1.54) is 45.1 Å². The molecule has 3 heteroatoms. The van der Waals surface area contributed by atoms with E-state index in [9.17, 15) is 0 Å². The van der Waals surface area contributed by atoms with E-state index < -0.39 is 0 Å². The van der Waals surface area contributed by atoms with Crippen molar-refractivity contribution in [2.75, 3.05) is 26.8 Å². The minimum Gasteiger partial charge on any atom is -0.381 e. The van der Waals surface area contributed by atoms with Gasteiger partial charge in [-0.25, -0.2) is 0 Å². The number of nitrogens with zero attached hydrogens (tertiary/aromatic N) is 1. The average Bonchev–Trinajstić information content (AvgIpc) is 2.31. The minimum absolute atomic E-state index is 0.465. The summed E-state index contributed by atoms with van der Waals surface area (Å²) in [7, 11) is 2.29. The van der Waals surface area contributed by atoms with E-state index in [4.69, 9.17) is 10.5 Å². The molecule has 3 nitrogen and oxygen atoms in total. The highest BCUT2D eigenvalue weighted by molar-refractivity contribution is 4.81. The van der Waals surface area contributed by atoms with Gasteiger partial charge in [-0.2, -0.15) is 0 Å². The Morgan fingerprint density at radius 1 is 1.06 bits per heavy atom. The lowest BCUT2D eigenvalue weighted by Crippen LogP contribution is -2.41. The standard InChI is InChI=1S/C13H26N2O/c1-15(10-11-6-8-16-9-7-11)13-4-2-12(14)3-5-13/h11-13H,2-10,14H2,1H3. The molecule has 0 unspecified atom stereocenters. The topological polar surface area (TPSA) is 38.5 Å². The van der Waals surface area contributed by atoms with Gasteiger partial charge in [-0.1, -0.05) is 0 Å². The summed E-state index contributed by atoms with van der Waals surface area (Å²) in [4.78, 5) is 2.57. The molecule has 0 radical (unpaired) electrons. The Labute approximate surface area is 99.3 Å². The average molecular weight is 226 g/mol. The van der Waals surface area contributed by atoms with Crippen molar-refractivity contribution in [2.24, 2.45) is 11.7 Å². The van der Waals surface area contributed by atoms with Gasteiger partial charge in [0.05, 0.1) is 0 Å². The molecule has 1 aliphatic heterocycles. The monoisotopic (exact) mass is 226 g/mol. The molecule has 2 N–H and O–H groups in total. The summed E-state index contributed by atoms with van der Waals surface area (Å²) in [5, 5.41) is 0. The van der Waals surface area contributed by atoms with Crippen LogP contribution >= 0.6 is 0 Å². The normalized spacial score (nSPS) is 33.2. The fraction of sp³-hybridized carbons (Fsp3) is 1.00. The summed E-state index contributed by atoms with van der Waals surface area (Å²) < 4.78 is 5.41. The molecule has 1 aliphatic carbocycles. The highest BCUT2D eigenvalue weighted by Gasteiger charge is 2.24. The van der Waals surface area contributed by atoms with Crippen molar-refractivity contribution in [3.8, 4) is 0 Å². The third-order valence-electron chi connectivity index (χ3n) is 4.25. The third-order valence-corrected chi connectivity index (χ3v) is 4.25. The molecule has 0 amide bonds. The first kappa shape index (κ1) is 12.3. The Balaban J connectivity index is 1.72. The van der Waals surface area contributed by atoms with Gasteiger partial charge in [0.25, 0.3) is 0 Å². The zero-order valence-corrected chi connectivity index (χ0v) is 10.5. The van der Waals surface area contributed by atoms with E-state index >= 15 is 0 Å². The van der Waals surface area contributed by atoms with Gasteiger partial charge in [0.15, 0.2) is 0 Å². The molecule has 2 aliphatic rings. The molecular weight excluding hydrogens is 200 g/mol. The predicted molar refractivity (Wildman–Crippen MR) is 66.4 cm³/mol. The highest BCUT2D eigenvalue weighted by atomic mass is 16.5. The second kappa shape index (κ2) is 5.99. The van der Waals surface area contributed by atoms with Crippen LogP contribution in [0.15, 0.2) is 0 Å². The van der Waals surface area contributed by atoms with Gasteiger partial charge >= 0.3 is 0 Å². The number of nitrogens with two attached hydrogens (primary N) is 1. The SMILES string of the molecule is CN(CC1CCOCC1)C1CCC(N)CC1. The quantitative estimate of drug-likeness (QED) is 0.794. The van der Waals surface area contributed by atoms with Crippen LogP contribution in [-0.4, -0.2) is 43.8 Å². The van der Waals surface area contributed by atoms with E-state index in [-0.39, 0.29) is 0 Å². The first-order valence-corrected chi connectivity index (χ1v) is 6.79. The molecule has 16 heavy (non-hydrogen) atoms.